The fourth-order valence-corrected chi connectivity index (χ4v) is 3.32. The largest absolute Gasteiger partial charge is 0.477 e. The van der Waals surface area contributed by atoms with Crippen LogP contribution in [-0.4, -0.2) is 34.8 Å². The molecule has 1 aliphatic carbocycles. The predicted molar refractivity (Wildman–Crippen MR) is 88.0 cm³/mol. The Morgan fingerprint density at radius 3 is 2.40 bits per heavy atom. The van der Waals surface area contributed by atoms with E-state index in [0.717, 1.165) is 19.0 Å². The fraction of sp³-hybridized carbons (Fsp3) is 0.375. The average Bonchev–Trinajstić information content (AvgIpc) is 3.35. The summed E-state index contributed by atoms with van der Waals surface area (Å²) < 4.78 is 31.3. The van der Waals surface area contributed by atoms with Gasteiger partial charge in [-0.05, 0) is 12.8 Å². The Labute approximate surface area is 140 Å². The Morgan fingerprint density at radius 1 is 1.24 bits per heavy atom. The number of carboxylic acids is 1. The molecule has 132 valence electrons. The molecular formula is C16H16F2N4O3. The van der Waals surface area contributed by atoms with E-state index in [-0.39, 0.29) is 36.4 Å². The Bertz CT molecular complexity index is 978. The van der Waals surface area contributed by atoms with Crippen LogP contribution in [0.4, 0.5) is 20.2 Å². The van der Waals surface area contributed by atoms with Crippen molar-refractivity contribution in [1.29, 1.82) is 0 Å². The van der Waals surface area contributed by atoms with Crippen LogP contribution in [0, 0.1) is 11.6 Å². The second-order valence-electron chi connectivity index (χ2n) is 6.59. The van der Waals surface area contributed by atoms with Gasteiger partial charge in [-0.25, -0.2) is 13.6 Å². The Kier molecular flexibility index (Phi) is 3.26. The van der Waals surface area contributed by atoms with Gasteiger partial charge in [-0.2, -0.15) is 0 Å². The maximum Gasteiger partial charge on any atom is 0.341 e. The van der Waals surface area contributed by atoms with Gasteiger partial charge in [-0.3, -0.25) is 4.79 Å². The number of anilines is 2. The minimum Gasteiger partial charge on any atom is -0.477 e. The lowest BCUT2D eigenvalue weighted by Gasteiger charge is -2.39. The molecule has 2 fully saturated rings. The summed E-state index contributed by atoms with van der Waals surface area (Å²) in [5.74, 6) is -3.42. The molecule has 0 unspecified atom stereocenters. The van der Waals surface area contributed by atoms with Crippen molar-refractivity contribution < 1.29 is 18.7 Å². The number of hydrogen-bond donors (Lipinski definition) is 3. The lowest BCUT2D eigenvalue weighted by atomic mass is 10.0. The number of aromatic carboxylic acids is 1. The number of hydrogen-bond acceptors (Lipinski definition) is 5. The van der Waals surface area contributed by atoms with Gasteiger partial charge in [0.2, 0.25) is 5.43 Å². The number of carboxylic acid groups (broad SMARTS) is 1. The van der Waals surface area contributed by atoms with Crippen LogP contribution in [0.1, 0.15) is 29.2 Å². The lowest BCUT2D eigenvalue weighted by Crippen LogP contribution is -2.56. The van der Waals surface area contributed by atoms with Crippen LogP contribution in [0.2, 0.25) is 0 Å². The van der Waals surface area contributed by atoms with Gasteiger partial charge >= 0.3 is 5.97 Å². The molecule has 9 heteroatoms. The van der Waals surface area contributed by atoms with Crippen molar-refractivity contribution in [2.75, 3.05) is 23.7 Å². The number of nitrogen functional groups attached to an aromatic ring is 1. The van der Waals surface area contributed by atoms with E-state index in [1.165, 1.54) is 9.47 Å². The first-order chi connectivity index (χ1) is 11.8. The van der Waals surface area contributed by atoms with Crippen molar-refractivity contribution in [2.45, 2.75) is 24.9 Å². The molecule has 2 aliphatic rings. The van der Waals surface area contributed by atoms with Gasteiger partial charge in [-0.1, -0.05) is 0 Å². The van der Waals surface area contributed by atoms with Crippen molar-refractivity contribution in [3.05, 3.63) is 33.6 Å². The van der Waals surface area contributed by atoms with E-state index in [1.807, 2.05) is 0 Å². The molecule has 0 amide bonds. The monoisotopic (exact) mass is 350 g/mol. The zero-order valence-corrected chi connectivity index (χ0v) is 13.1. The summed E-state index contributed by atoms with van der Waals surface area (Å²) in [6.07, 6.45) is 2.56. The summed E-state index contributed by atoms with van der Waals surface area (Å²) in [5.41, 5.74) is 8.94. The molecule has 0 bridgehead atoms. The third kappa shape index (κ3) is 2.19. The predicted octanol–water partition coefficient (Wildman–Crippen LogP) is 1.04. The molecule has 1 aromatic carbocycles. The molecule has 1 saturated carbocycles. The van der Waals surface area contributed by atoms with Crippen molar-refractivity contribution in [2.24, 2.45) is 5.73 Å². The second-order valence-corrected chi connectivity index (χ2v) is 6.59. The van der Waals surface area contributed by atoms with E-state index in [4.69, 9.17) is 11.5 Å². The number of benzene rings is 1. The minimum absolute atomic E-state index is 0.132. The summed E-state index contributed by atoms with van der Waals surface area (Å²) in [5, 5.41) is 8.82. The Morgan fingerprint density at radius 2 is 1.88 bits per heavy atom. The molecule has 2 heterocycles. The van der Waals surface area contributed by atoms with Gasteiger partial charge in [0.05, 0.1) is 16.6 Å². The average molecular weight is 350 g/mol. The van der Waals surface area contributed by atoms with Crippen LogP contribution < -0.4 is 21.8 Å². The van der Waals surface area contributed by atoms with Crippen LogP contribution in [0.3, 0.4) is 0 Å². The summed E-state index contributed by atoms with van der Waals surface area (Å²) >= 11 is 0. The zero-order chi connectivity index (χ0) is 18.0. The maximum absolute atomic E-state index is 15.2. The van der Waals surface area contributed by atoms with E-state index >= 15 is 4.39 Å². The maximum atomic E-state index is 15.2. The van der Waals surface area contributed by atoms with E-state index in [2.05, 4.69) is 0 Å². The summed E-state index contributed by atoms with van der Waals surface area (Å²) in [6, 6.07) is -0.317. The third-order valence-electron chi connectivity index (χ3n) is 4.76. The molecule has 2 aromatic rings. The highest BCUT2D eigenvalue weighted by atomic mass is 19.1. The number of carbonyl (C=O) groups is 1. The van der Waals surface area contributed by atoms with E-state index in [9.17, 15) is 19.1 Å². The fourth-order valence-electron chi connectivity index (χ4n) is 3.32. The van der Waals surface area contributed by atoms with Gasteiger partial charge in [0.15, 0.2) is 11.6 Å². The number of nitrogens with zero attached hydrogens (tertiary/aromatic N) is 2. The van der Waals surface area contributed by atoms with Crippen LogP contribution in [-0.2, 0) is 0 Å². The number of fused-ring (bicyclic) bond motifs is 1. The van der Waals surface area contributed by atoms with Crippen molar-refractivity contribution in [1.82, 2.24) is 4.57 Å². The first kappa shape index (κ1) is 15.8. The first-order valence-electron chi connectivity index (χ1n) is 7.90. The lowest BCUT2D eigenvalue weighted by molar-refractivity contribution is 0.0695. The molecule has 0 radical (unpaired) electrons. The highest BCUT2D eigenvalue weighted by molar-refractivity contribution is 5.99. The molecule has 7 nitrogen and oxygen atoms in total. The number of pyridine rings is 1. The number of aromatic nitrogens is 1. The Balaban J connectivity index is 2.10. The summed E-state index contributed by atoms with van der Waals surface area (Å²) in [6.45, 7) is 0.555. The van der Waals surface area contributed by atoms with Gasteiger partial charge in [0.25, 0.3) is 0 Å². The Hall–Kier alpha value is -2.68. The zero-order valence-electron chi connectivity index (χ0n) is 13.1. The first-order valence-corrected chi connectivity index (χ1v) is 7.90. The van der Waals surface area contributed by atoms with Gasteiger partial charge in [-0.15, -0.1) is 0 Å². The van der Waals surface area contributed by atoms with Crippen LogP contribution >= 0.6 is 0 Å². The normalized spacial score (nSPS) is 17.8. The highest BCUT2D eigenvalue weighted by Crippen LogP contribution is 2.42. The van der Waals surface area contributed by atoms with Crippen molar-refractivity contribution in [3.8, 4) is 0 Å². The molecule has 1 saturated heterocycles. The minimum atomic E-state index is -1.46. The van der Waals surface area contributed by atoms with Crippen LogP contribution in [0.5, 0.6) is 0 Å². The highest BCUT2D eigenvalue weighted by Gasteiger charge is 2.35. The number of halogens is 2. The van der Waals surface area contributed by atoms with Gasteiger partial charge in [0, 0.05) is 31.4 Å². The van der Waals surface area contributed by atoms with Crippen LogP contribution in [0.25, 0.3) is 10.9 Å². The summed E-state index contributed by atoms with van der Waals surface area (Å²) in [4.78, 5) is 25.2. The topological polar surface area (TPSA) is 115 Å². The smallest absolute Gasteiger partial charge is 0.341 e. The van der Waals surface area contributed by atoms with E-state index < -0.39 is 39.7 Å². The van der Waals surface area contributed by atoms with Gasteiger partial charge in [0.1, 0.15) is 11.3 Å². The van der Waals surface area contributed by atoms with Gasteiger partial charge < -0.3 is 26.0 Å². The number of rotatable bonds is 3. The van der Waals surface area contributed by atoms with E-state index in [0.29, 0.717) is 0 Å². The van der Waals surface area contributed by atoms with Crippen molar-refractivity contribution in [3.63, 3.8) is 0 Å². The SMILES string of the molecule is Nc1c(F)c(N2CC(N)C2)c(F)c2c1c(=O)c(C(=O)O)cn2C1CC1. The molecule has 5 N–H and O–H groups in total. The molecule has 0 spiro atoms. The third-order valence-corrected chi connectivity index (χ3v) is 4.76. The molecule has 0 atom stereocenters. The standard InChI is InChI=1S/C16H16F2N4O3/c17-10-12(20)9-13(11(18)14(10)21-3-6(19)4-21)22(7-1-2-7)5-8(15(9)23)16(24)25/h5-7H,1-4,19-20H2,(H,24,25). The number of nitrogens with two attached hydrogens (primary N) is 2. The second kappa shape index (κ2) is 5.16. The molecule has 1 aromatic heterocycles. The summed E-state index contributed by atoms with van der Waals surface area (Å²) in [7, 11) is 0. The quantitative estimate of drug-likeness (QED) is 0.713. The molecule has 25 heavy (non-hydrogen) atoms. The molecule has 1 aliphatic heterocycles. The van der Waals surface area contributed by atoms with Crippen LogP contribution in [0.15, 0.2) is 11.0 Å². The van der Waals surface area contributed by atoms with E-state index in [1.54, 1.807) is 0 Å². The molecular weight excluding hydrogens is 334 g/mol. The molecule has 4 rings (SSSR count). The van der Waals surface area contributed by atoms with Crippen molar-refractivity contribution >= 4 is 28.2 Å².